The lowest BCUT2D eigenvalue weighted by atomic mass is 10.2. The first kappa shape index (κ1) is 24.3. The van der Waals surface area contributed by atoms with Crippen molar-refractivity contribution in [2.45, 2.75) is 38.1 Å². The van der Waals surface area contributed by atoms with Crippen LogP contribution in [0, 0.1) is 13.8 Å². The number of nitrogens with zero attached hydrogens (tertiary/aromatic N) is 3. The van der Waals surface area contributed by atoms with Crippen LogP contribution >= 0.6 is 22.9 Å². The van der Waals surface area contributed by atoms with Crippen LogP contribution in [0.3, 0.4) is 0 Å². The van der Waals surface area contributed by atoms with Crippen molar-refractivity contribution in [3.8, 4) is 0 Å². The van der Waals surface area contributed by atoms with Crippen molar-refractivity contribution < 1.29 is 13.2 Å². The standard InChI is InChI=1S/C25H24ClN3O3S2/c1-17-7-9-21(10-8-17)34(31,32)12-4-6-23(30)29(16-19-5-3-11-27-15-19)25-28-24-18(2)13-20(26)14-22(24)33-25/h3,5,7-11,13-15H,4,6,12,16H2,1-2H3. The molecule has 0 fully saturated rings. The lowest BCUT2D eigenvalue weighted by Crippen LogP contribution is -2.30. The maximum atomic E-state index is 13.3. The van der Waals surface area contributed by atoms with Crippen LogP contribution in [0.25, 0.3) is 10.2 Å². The molecule has 2 heterocycles. The highest BCUT2D eigenvalue weighted by atomic mass is 35.5. The van der Waals surface area contributed by atoms with Crippen LogP contribution in [0.1, 0.15) is 29.5 Å². The third-order valence-electron chi connectivity index (χ3n) is 5.42. The molecule has 2 aromatic heterocycles. The second-order valence-corrected chi connectivity index (χ2v) is 11.7. The zero-order chi connectivity index (χ0) is 24.3. The van der Waals surface area contributed by atoms with Gasteiger partial charge in [0.05, 0.1) is 27.4 Å². The Kier molecular flexibility index (Phi) is 7.30. The van der Waals surface area contributed by atoms with Crippen molar-refractivity contribution in [3.63, 3.8) is 0 Å². The predicted molar refractivity (Wildman–Crippen MR) is 137 cm³/mol. The molecule has 0 aliphatic heterocycles. The highest BCUT2D eigenvalue weighted by Gasteiger charge is 2.22. The van der Waals surface area contributed by atoms with E-state index in [0.29, 0.717) is 16.7 Å². The van der Waals surface area contributed by atoms with Crippen LogP contribution in [-0.4, -0.2) is 30.0 Å². The summed E-state index contributed by atoms with van der Waals surface area (Å²) in [7, 11) is -3.46. The van der Waals surface area contributed by atoms with Gasteiger partial charge in [-0.25, -0.2) is 13.4 Å². The molecule has 6 nitrogen and oxygen atoms in total. The zero-order valence-electron chi connectivity index (χ0n) is 18.9. The summed E-state index contributed by atoms with van der Waals surface area (Å²) in [5, 5.41) is 1.17. The van der Waals surface area contributed by atoms with Crippen molar-refractivity contribution in [2.75, 3.05) is 10.7 Å². The Morgan fingerprint density at radius 1 is 1.12 bits per heavy atom. The maximum Gasteiger partial charge on any atom is 0.229 e. The molecule has 0 bridgehead atoms. The predicted octanol–water partition coefficient (Wildman–Crippen LogP) is 5.75. The Morgan fingerprint density at radius 3 is 2.59 bits per heavy atom. The number of amides is 1. The monoisotopic (exact) mass is 513 g/mol. The summed E-state index contributed by atoms with van der Waals surface area (Å²) in [5.74, 6) is -0.289. The molecule has 0 spiro atoms. The van der Waals surface area contributed by atoms with E-state index < -0.39 is 9.84 Å². The van der Waals surface area contributed by atoms with Gasteiger partial charge in [0.1, 0.15) is 0 Å². The van der Waals surface area contributed by atoms with Crippen LogP contribution in [-0.2, 0) is 21.2 Å². The van der Waals surface area contributed by atoms with E-state index in [9.17, 15) is 13.2 Å². The number of sulfone groups is 1. The molecular formula is C25H24ClN3O3S2. The van der Waals surface area contributed by atoms with Gasteiger partial charge >= 0.3 is 0 Å². The minimum Gasteiger partial charge on any atom is -0.284 e. The van der Waals surface area contributed by atoms with E-state index in [1.807, 2.05) is 38.1 Å². The second-order valence-electron chi connectivity index (χ2n) is 8.14. The molecule has 0 atom stereocenters. The van der Waals surface area contributed by atoms with E-state index in [0.717, 1.165) is 26.9 Å². The van der Waals surface area contributed by atoms with Gasteiger partial charge in [-0.2, -0.15) is 0 Å². The molecule has 1 amide bonds. The van der Waals surface area contributed by atoms with Gasteiger partial charge in [-0.3, -0.25) is 14.7 Å². The average Bonchev–Trinajstić information content (AvgIpc) is 3.22. The third-order valence-corrected chi connectivity index (χ3v) is 8.48. The number of anilines is 1. The number of carbonyl (C=O) groups excluding carboxylic acids is 1. The molecule has 9 heteroatoms. The van der Waals surface area contributed by atoms with Crippen LogP contribution in [0.4, 0.5) is 5.13 Å². The number of benzene rings is 2. The quantitative estimate of drug-likeness (QED) is 0.300. The van der Waals surface area contributed by atoms with Crippen molar-refractivity contribution in [1.29, 1.82) is 0 Å². The minimum absolute atomic E-state index is 0.0843. The highest BCUT2D eigenvalue weighted by molar-refractivity contribution is 7.91. The number of carbonyl (C=O) groups is 1. The van der Waals surface area contributed by atoms with E-state index in [1.165, 1.54) is 11.3 Å². The van der Waals surface area contributed by atoms with Gasteiger partial charge in [-0.1, -0.05) is 46.7 Å². The molecule has 0 saturated carbocycles. The molecule has 2 aromatic carbocycles. The number of aryl methyl sites for hydroxylation is 2. The number of fused-ring (bicyclic) bond motifs is 1. The number of rotatable bonds is 8. The average molecular weight is 514 g/mol. The molecule has 34 heavy (non-hydrogen) atoms. The molecule has 0 radical (unpaired) electrons. The fraction of sp³-hybridized carbons (Fsp3) is 0.240. The van der Waals surface area contributed by atoms with Crippen molar-refractivity contribution in [2.24, 2.45) is 0 Å². The highest BCUT2D eigenvalue weighted by Crippen LogP contribution is 2.34. The summed E-state index contributed by atoms with van der Waals surface area (Å²) in [6.07, 6.45) is 3.68. The van der Waals surface area contributed by atoms with E-state index >= 15 is 0 Å². The number of hydrogen-bond donors (Lipinski definition) is 0. The first-order valence-corrected chi connectivity index (χ1v) is 13.6. The molecule has 0 aliphatic carbocycles. The first-order valence-electron chi connectivity index (χ1n) is 10.8. The van der Waals surface area contributed by atoms with Gasteiger partial charge in [0.15, 0.2) is 15.0 Å². The van der Waals surface area contributed by atoms with Crippen molar-refractivity contribution >= 4 is 54.0 Å². The Balaban J connectivity index is 1.55. The molecule has 4 rings (SSSR count). The topological polar surface area (TPSA) is 80.2 Å². The smallest absolute Gasteiger partial charge is 0.229 e. The molecule has 0 aliphatic rings. The number of thiazole rings is 1. The van der Waals surface area contributed by atoms with Crippen LogP contribution in [0.15, 0.2) is 65.8 Å². The molecule has 4 aromatic rings. The molecule has 0 saturated heterocycles. The van der Waals surface area contributed by atoms with Gasteiger partial charge in [-0.15, -0.1) is 0 Å². The Morgan fingerprint density at radius 2 is 1.88 bits per heavy atom. The Labute approximate surface area is 208 Å². The van der Waals surface area contributed by atoms with E-state index in [2.05, 4.69) is 4.98 Å². The van der Waals surface area contributed by atoms with E-state index in [-0.39, 0.29) is 29.4 Å². The number of pyridine rings is 1. The van der Waals surface area contributed by atoms with Gasteiger partial charge < -0.3 is 0 Å². The van der Waals surface area contributed by atoms with Gasteiger partial charge in [0, 0.05) is 23.8 Å². The number of halogens is 1. The van der Waals surface area contributed by atoms with Gasteiger partial charge in [0.25, 0.3) is 0 Å². The Bertz CT molecular complexity index is 1420. The van der Waals surface area contributed by atoms with Gasteiger partial charge in [-0.05, 0) is 61.7 Å². The van der Waals surface area contributed by atoms with Crippen LogP contribution in [0.5, 0.6) is 0 Å². The first-order chi connectivity index (χ1) is 16.2. The lowest BCUT2D eigenvalue weighted by molar-refractivity contribution is -0.118. The minimum atomic E-state index is -3.46. The molecule has 176 valence electrons. The summed E-state index contributed by atoms with van der Waals surface area (Å²) < 4.78 is 26.3. The fourth-order valence-corrected chi connectivity index (χ4v) is 6.35. The summed E-state index contributed by atoms with van der Waals surface area (Å²) in [6, 6.07) is 14.1. The van der Waals surface area contributed by atoms with Gasteiger partial charge in [0.2, 0.25) is 5.91 Å². The van der Waals surface area contributed by atoms with E-state index in [1.54, 1.807) is 41.6 Å². The van der Waals surface area contributed by atoms with Crippen molar-refractivity contribution in [1.82, 2.24) is 9.97 Å². The summed E-state index contributed by atoms with van der Waals surface area (Å²) in [5.41, 5.74) is 3.59. The Hall–Kier alpha value is -2.81. The normalized spacial score (nSPS) is 11.6. The third kappa shape index (κ3) is 5.63. The summed E-state index contributed by atoms with van der Waals surface area (Å²) >= 11 is 7.60. The fourth-order valence-electron chi connectivity index (χ4n) is 3.61. The zero-order valence-corrected chi connectivity index (χ0v) is 21.3. The van der Waals surface area contributed by atoms with Crippen molar-refractivity contribution in [3.05, 3.63) is 82.6 Å². The maximum absolute atomic E-state index is 13.3. The largest absolute Gasteiger partial charge is 0.284 e. The van der Waals surface area contributed by atoms with Crippen LogP contribution in [0.2, 0.25) is 5.02 Å². The molecule has 0 unspecified atom stereocenters. The SMILES string of the molecule is Cc1ccc(S(=O)(=O)CCCC(=O)N(Cc2cccnc2)c2nc3c(C)cc(Cl)cc3s2)cc1. The van der Waals surface area contributed by atoms with E-state index in [4.69, 9.17) is 16.6 Å². The summed E-state index contributed by atoms with van der Waals surface area (Å²) in [4.78, 5) is 24.0. The summed E-state index contributed by atoms with van der Waals surface area (Å²) in [6.45, 7) is 4.13. The van der Waals surface area contributed by atoms with Crippen LogP contribution < -0.4 is 4.90 Å². The number of hydrogen-bond acceptors (Lipinski definition) is 6. The molecular weight excluding hydrogens is 490 g/mol. The second kappa shape index (κ2) is 10.2. The molecule has 0 N–H and O–H groups in total. The lowest BCUT2D eigenvalue weighted by Gasteiger charge is -2.20. The number of aromatic nitrogens is 2.